The largest absolute Gasteiger partial charge is 0.396 e. The first-order chi connectivity index (χ1) is 9.88. The van der Waals surface area contributed by atoms with Gasteiger partial charge >= 0.3 is 0 Å². The Hall–Kier alpha value is -2.81. The first kappa shape index (κ1) is 14.6. The van der Waals surface area contributed by atoms with Crippen LogP contribution in [0, 0.1) is 28.5 Å². The highest BCUT2D eigenvalue weighted by Gasteiger charge is 2.33. The molecule has 1 aliphatic rings. The molecule has 21 heavy (non-hydrogen) atoms. The van der Waals surface area contributed by atoms with Crippen LogP contribution in [0.25, 0.3) is 0 Å². The molecule has 6 heteroatoms. The van der Waals surface area contributed by atoms with E-state index in [4.69, 9.17) is 16.4 Å². The monoisotopic (exact) mass is 284 g/mol. The minimum atomic E-state index is -0.797. The number of nitrogens with zero attached hydrogens (tertiary/aromatic N) is 2. The highest BCUT2D eigenvalue weighted by Crippen LogP contribution is 2.26. The summed E-state index contributed by atoms with van der Waals surface area (Å²) in [5.41, 5.74) is 6.03. The van der Waals surface area contributed by atoms with E-state index in [2.05, 4.69) is 4.99 Å². The number of carbonyl (C=O) groups excluding carboxylic acids is 1. The van der Waals surface area contributed by atoms with Crippen LogP contribution in [0.2, 0.25) is 0 Å². The van der Waals surface area contributed by atoms with Gasteiger partial charge in [-0.05, 0) is 31.6 Å². The average Bonchev–Trinajstić information content (AvgIpc) is 2.45. The average molecular weight is 284 g/mol. The molecule has 0 saturated heterocycles. The van der Waals surface area contributed by atoms with Gasteiger partial charge in [0.1, 0.15) is 5.71 Å². The molecule has 0 bridgehead atoms. The van der Waals surface area contributed by atoms with E-state index in [0.717, 1.165) is 0 Å². The van der Waals surface area contributed by atoms with Crippen molar-refractivity contribution in [3.8, 4) is 6.07 Å². The lowest BCUT2D eigenvalue weighted by atomic mass is 9.87. The minimum absolute atomic E-state index is 0.00380. The van der Waals surface area contributed by atoms with Crippen molar-refractivity contribution in [1.29, 1.82) is 10.7 Å². The number of rotatable bonds is 3. The van der Waals surface area contributed by atoms with E-state index in [0.29, 0.717) is 11.1 Å². The lowest BCUT2D eigenvalue weighted by Gasteiger charge is -2.21. The molecule has 0 saturated carbocycles. The molecule has 3 N–H and O–H groups in total. The number of nitriles is 1. The van der Waals surface area contributed by atoms with E-state index in [1.165, 1.54) is 18.2 Å². The molecule has 1 aromatic rings. The van der Waals surface area contributed by atoms with Gasteiger partial charge in [-0.3, -0.25) is 10.2 Å². The number of anilines is 1. The lowest BCUT2D eigenvalue weighted by molar-refractivity contribution is 0.106. The Morgan fingerprint density at radius 2 is 2.19 bits per heavy atom. The molecule has 0 amide bonds. The van der Waals surface area contributed by atoms with E-state index in [1.807, 2.05) is 6.07 Å². The Balaban J connectivity index is 2.47. The number of amidine groups is 1. The topological polar surface area (TPSA) is 103 Å². The maximum atomic E-state index is 13.9. The quantitative estimate of drug-likeness (QED) is 0.658. The van der Waals surface area contributed by atoms with E-state index in [9.17, 15) is 9.18 Å². The van der Waals surface area contributed by atoms with Gasteiger partial charge < -0.3 is 5.73 Å². The summed E-state index contributed by atoms with van der Waals surface area (Å²) in [7, 11) is 0. The van der Waals surface area contributed by atoms with Gasteiger partial charge in [-0.2, -0.15) is 5.26 Å². The number of Topliss-reactive ketones (excluding diaryl/α,β-unsaturated/α-hetero) is 1. The van der Waals surface area contributed by atoms with E-state index in [-0.39, 0.29) is 22.8 Å². The number of hydrogen-bond donors (Lipinski definition) is 2. The van der Waals surface area contributed by atoms with E-state index in [1.54, 1.807) is 13.8 Å². The number of aliphatic imine (C=N–C) groups is 1. The van der Waals surface area contributed by atoms with Gasteiger partial charge in [-0.25, -0.2) is 9.38 Å². The van der Waals surface area contributed by atoms with Crippen molar-refractivity contribution in [2.75, 3.05) is 5.73 Å². The van der Waals surface area contributed by atoms with E-state index >= 15 is 0 Å². The molecule has 1 aromatic carbocycles. The fraction of sp³-hybridized carbons (Fsp3) is 0.200. The summed E-state index contributed by atoms with van der Waals surface area (Å²) < 4.78 is 13.9. The van der Waals surface area contributed by atoms with Crippen LogP contribution in [-0.2, 0) is 0 Å². The molecule has 1 atom stereocenters. The summed E-state index contributed by atoms with van der Waals surface area (Å²) in [5, 5.41) is 16.6. The van der Waals surface area contributed by atoms with Gasteiger partial charge in [0.2, 0.25) is 5.78 Å². The maximum absolute atomic E-state index is 13.9. The fourth-order valence-corrected chi connectivity index (χ4v) is 1.99. The number of ketones is 1. The molecule has 2 rings (SSSR count). The summed E-state index contributed by atoms with van der Waals surface area (Å²) in [6.45, 7) is 3.33. The van der Waals surface area contributed by atoms with Crippen LogP contribution in [0.5, 0.6) is 0 Å². The number of allylic oxidation sites excluding steroid dienone is 1. The molecule has 0 aromatic heterocycles. The number of nitrogens with two attached hydrogens (primary N) is 1. The van der Waals surface area contributed by atoms with Crippen molar-refractivity contribution in [3.05, 3.63) is 40.7 Å². The molecule has 0 radical (unpaired) electrons. The molecular weight excluding hydrogens is 271 g/mol. The van der Waals surface area contributed by atoms with Gasteiger partial charge in [0.15, 0.2) is 11.7 Å². The zero-order valence-electron chi connectivity index (χ0n) is 11.6. The highest BCUT2D eigenvalue weighted by atomic mass is 19.1. The van der Waals surface area contributed by atoms with Gasteiger partial charge in [0.05, 0.1) is 23.2 Å². The van der Waals surface area contributed by atoms with Crippen molar-refractivity contribution in [2.45, 2.75) is 13.8 Å². The minimum Gasteiger partial charge on any atom is -0.396 e. The molecule has 1 heterocycles. The Labute approximate surface area is 121 Å². The third-order valence-corrected chi connectivity index (χ3v) is 3.42. The zero-order valence-corrected chi connectivity index (χ0v) is 11.6. The van der Waals surface area contributed by atoms with Crippen LogP contribution < -0.4 is 5.73 Å². The third kappa shape index (κ3) is 2.34. The molecule has 0 fully saturated rings. The van der Waals surface area contributed by atoms with Gasteiger partial charge in [0, 0.05) is 5.57 Å². The second-order valence-corrected chi connectivity index (χ2v) is 4.76. The molecule has 0 aliphatic carbocycles. The Kier molecular flexibility index (Phi) is 3.68. The van der Waals surface area contributed by atoms with E-state index < -0.39 is 17.5 Å². The molecule has 1 aliphatic heterocycles. The number of nitrogens with one attached hydrogen (secondary N) is 1. The molecule has 106 valence electrons. The second-order valence-electron chi connectivity index (χ2n) is 4.76. The molecule has 5 nitrogen and oxygen atoms in total. The van der Waals surface area contributed by atoms with Crippen LogP contribution in [0.4, 0.5) is 10.1 Å². The predicted molar refractivity (Wildman–Crippen MR) is 77.8 cm³/mol. The number of halogens is 1. The summed E-state index contributed by atoms with van der Waals surface area (Å²) in [5.74, 6) is -1.95. The SMILES string of the molecule is CC(=C1C(=N)N=C1C(=O)c1cccc(N)c1F)C(C)C#N. The maximum Gasteiger partial charge on any atom is 0.215 e. The van der Waals surface area contributed by atoms with Crippen LogP contribution in [0.15, 0.2) is 34.3 Å². The molecule has 1 unspecified atom stereocenters. The second kappa shape index (κ2) is 5.29. The predicted octanol–water partition coefficient (Wildman–Crippen LogP) is 2.50. The number of nitrogen functional groups attached to an aromatic ring is 1. The van der Waals surface area contributed by atoms with Crippen molar-refractivity contribution >= 4 is 23.0 Å². The van der Waals surface area contributed by atoms with Crippen LogP contribution in [-0.4, -0.2) is 17.3 Å². The summed E-state index contributed by atoms with van der Waals surface area (Å²) in [6.07, 6.45) is 0. The first-order valence-electron chi connectivity index (χ1n) is 6.25. The van der Waals surface area contributed by atoms with Crippen molar-refractivity contribution in [2.24, 2.45) is 10.9 Å². The zero-order chi connectivity index (χ0) is 15.7. The first-order valence-corrected chi connectivity index (χ1v) is 6.25. The standard InChI is InChI=1S/C15H13FN4O/c1-7(6-17)8(2)11-13(20-15(11)19)14(21)9-4-3-5-10(18)12(9)16/h3-5,7,19H,18H2,1-2H3. The van der Waals surface area contributed by atoms with Crippen LogP contribution >= 0.6 is 0 Å². The third-order valence-electron chi connectivity index (χ3n) is 3.42. The van der Waals surface area contributed by atoms with Crippen LogP contribution in [0.1, 0.15) is 24.2 Å². The van der Waals surface area contributed by atoms with Gasteiger partial charge in [0.25, 0.3) is 0 Å². The van der Waals surface area contributed by atoms with Crippen molar-refractivity contribution < 1.29 is 9.18 Å². The summed E-state index contributed by atoms with van der Waals surface area (Å²) in [6, 6.07) is 6.19. The fourth-order valence-electron chi connectivity index (χ4n) is 1.99. The smallest absolute Gasteiger partial charge is 0.215 e. The lowest BCUT2D eigenvalue weighted by Crippen LogP contribution is -2.32. The molecular formula is C15H13FN4O. The Bertz CT molecular complexity index is 755. The number of hydrogen-bond acceptors (Lipinski definition) is 4. The number of benzene rings is 1. The molecule has 0 spiro atoms. The summed E-state index contributed by atoms with van der Waals surface area (Å²) >= 11 is 0. The van der Waals surface area contributed by atoms with Gasteiger partial charge in [-0.15, -0.1) is 0 Å². The van der Waals surface area contributed by atoms with Crippen molar-refractivity contribution in [1.82, 2.24) is 0 Å². The van der Waals surface area contributed by atoms with Crippen molar-refractivity contribution in [3.63, 3.8) is 0 Å². The normalized spacial score (nSPS) is 17.4. The highest BCUT2D eigenvalue weighted by molar-refractivity contribution is 6.62. The number of carbonyl (C=O) groups is 1. The Morgan fingerprint density at radius 3 is 2.76 bits per heavy atom. The van der Waals surface area contributed by atoms with Gasteiger partial charge in [-0.1, -0.05) is 6.07 Å². The summed E-state index contributed by atoms with van der Waals surface area (Å²) in [4.78, 5) is 16.1. The Morgan fingerprint density at radius 1 is 1.52 bits per heavy atom. The van der Waals surface area contributed by atoms with Crippen LogP contribution in [0.3, 0.4) is 0 Å².